The van der Waals surface area contributed by atoms with E-state index in [1.54, 1.807) is 0 Å². The molecule has 0 atom stereocenters. The zero-order valence-electron chi connectivity index (χ0n) is 9.78. The number of hydrogen-bond donors (Lipinski definition) is 2. The Labute approximate surface area is 106 Å². The highest BCUT2D eigenvalue weighted by Crippen LogP contribution is 2.34. The van der Waals surface area contributed by atoms with Gasteiger partial charge in [-0.15, -0.1) is 0 Å². The van der Waals surface area contributed by atoms with Crippen LogP contribution in [0.5, 0.6) is 0 Å². The van der Waals surface area contributed by atoms with Crippen molar-refractivity contribution in [1.29, 1.82) is 0 Å². The molecule has 3 amide bonds. The fourth-order valence-corrected chi connectivity index (χ4v) is 2.65. The van der Waals surface area contributed by atoms with Gasteiger partial charge in [0.25, 0.3) is 5.91 Å². The van der Waals surface area contributed by atoms with Gasteiger partial charge < -0.3 is 10.1 Å². The summed E-state index contributed by atoms with van der Waals surface area (Å²) in [5.74, 6) is 0.568. The minimum atomic E-state index is -0.597. The van der Waals surface area contributed by atoms with Crippen LogP contribution in [-0.4, -0.2) is 47.9 Å². The molecule has 1 heterocycles. The second-order valence-corrected chi connectivity index (χ2v) is 4.96. The van der Waals surface area contributed by atoms with E-state index >= 15 is 0 Å². The highest BCUT2D eigenvalue weighted by atomic mass is 32.1. The molecule has 0 aromatic rings. The molecule has 0 bridgehead atoms. The van der Waals surface area contributed by atoms with Crippen molar-refractivity contribution in [2.45, 2.75) is 31.2 Å². The van der Waals surface area contributed by atoms with E-state index in [1.165, 1.54) is 4.90 Å². The van der Waals surface area contributed by atoms with Crippen LogP contribution >= 0.6 is 12.6 Å². The van der Waals surface area contributed by atoms with Crippen LogP contribution in [0.1, 0.15) is 25.7 Å². The van der Waals surface area contributed by atoms with Gasteiger partial charge in [-0.3, -0.25) is 9.69 Å². The summed E-state index contributed by atoms with van der Waals surface area (Å²) >= 11 is 4.02. The Morgan fingerprint density at radius 3 is 2.65 bits per heavy atom. The molecular formula is C11H18N2O3S. The summed E-state index contributed by atoms with van der Waals surface area (Å²) in [4.78, 5) is 25.2. The Kier molecular flexibility index (Phi) is 3.93. The smallest absolute Gasteiger partial charge is 0.325 e. The van der Waals surface area contributed by atoms with Crippen LogP contribution < -0.4 is 5.32 Å². The quantitative estimate of drug-likeness (QED) is 0.435. The number of urea groups is 1. The summed E-state index contributed by atoms with van der Waals surface area (Å²) in [6.07, 6.45) is 3.56. The van der Waals surface area contributed by atoms with Crippen LogP contribution in [0.4, 0.5) is 4.79 Å². The number of nitrogens with zero attached hydrogens (tertiary/aromatic N) is 1. The number of thiol groups is 1. The molecule has 96 valence electrons. The van der Waals surface area contributed by atoms with E-state index in [-0.39, 0.29) is 11.9 Å². The lowest BCUT2D eigenvalue weighted by atomic mass is 9.98. The van der Waals surface area contributed by atoms with Crippen molar-refractivity contribution in [3.05, 3.63) is 0 Å². The van der Waals surface area contributed by atoms with Crippen molar-refractivity contribution in [3.8, 4) is 0 Å². The minimum Gasteiger partial charge on any atom is -0.379 e. The Morgan fingerprint density at radius 1 is 1.29 bits per heavy atom. The predicted octanol–water partition coefficient (Wildman–Crippen LogP) is 0.797. The van der Waals surface area contributed by atoms with E-state index in [9.17, 15) is 9.59 Å². The maximum atomic E-state index is 12.2. The molecule has 17 heavy (non-hydrogen) atoms. The number of nitrogens with one attached hydrogen (secondary N) is 1. The maximum absolute atomic E-state index is 12.2. The third-order valence-corrected chi connectivity index (χ3v) is 3.58. The molecule has 0 unspecified atom stereocenters. The van der Waals surface area contributed by atoms with Gasteiger partial charge in [-0.25, -0.2) is 4.79 Å². The van der Waals surface area contributed by atoms with Crippen LogP contribution in [0, 0.1) is 0 Å². The summed E-state index contributed by atoms with van der Waals surface area (Å²) in [5.41, 5.74) is -0.597. The van der Waals surface area contributed by atoms with Crippen molar-refractivity contribution in [2.75, 3.05) is 25.5 Å². The van der Waals surface area contributed by atoms with Crippen LogP contribution in [0.15, 0.2) is 0 Å². The highest BCUT2D eigenvalue weighted by Gasteiger charge is 2.52. The van der Waals surface area contributed by atoms with Crippen LogP contribution in [0.3, 0.4) is 0 Å². The molecule has 0 radical (unpaired) electrons. The minimum absolute atomic E-state index is 0.0746. The molecule has 1 aliphatic carbocycles. The van der Waals surface area contributed by atoms with E-state index < -0.39 is 5.54 Å². The number of carbonyl (C=O) groups is 2. The van der Waals surface area contributed by atoms with Crippen molar-refractivity contribution in [3.63, 3.8) is 0 Å². The molecule has 1 aliphatic heterocycles. The van der Waals surface area contributed by atoms with E-state index in [0.29, 0.717) is 25.5 Å². The van der Waals surface area contributed by atoms with Gasteiger partial charge in [0.2, 0.25) is 0 Å². The van der Waals surface area contributed by atoms with Gasteiger partial charge in [-0.1, -0.05) is 12.8 Å². The molecule has 2 fully saturated rings. The predicted molar refractivity (Wildman–Crippen MR) is 66.1 cm³/mol. The number of carbonyl (C=O) groups excluding carboxylic acids is 2. The summed E-state index contributed by atoms with van der Waals surface area (Å²) < 4.78 is 5.24. The molecule has 1 saturated heterocycles. The largest absolute Gasteiger partial charge is 0.379 e. The molecule has 5 nitrogen and oxygen atoms in total. The number of hydrogen-bond acceptors (Lipinski definition) is 4. The monoisotopic (exact) mass is 258 g/mol. The second-order valence-electron chi connectivity index (χ2n) is 4.51. The number of amides is 3. The second kappa shape index (κ2) is 5.27. The van der Waals surface area contributed by atoms with E-state index in [0.717, 1.165) is 25.7 Å². The fraction of sp³-hybridized carbons (Fsp3) is 0.818. The van der Waals surface area contributed by atoms with E-state index in [2.05, 4.69) is 17.9 Å². The topological polar surface area (TPSA) is 58.6 Å². The third kappa shape index (κ3) is 2.42. The van der Waals surface area contributed by atoms with Gasteiger partial charge in [0.1, 0.15) is 5.54 Å². The Hall–Kier alpha value is -0.750. The zero-order chi connectivity index (χ0) is 12.3. The lowest BCUT2D eigenvalue weighted by Crippen LogP contribution is -2.44. The van der Waals surface area contributed by atoms with E-state index in [1.807, 2.05) is 0 Å². The molecular weight excluding hydrogens is 240 g/mol. The molecule has 6 heteroatoms. The van der Waals surface area contributed by atoms with Gasteiger partial charge in [-0.2, -0.15) is 12.6 Å². The lowest BCUT2D eigenvalue weighted by molar-refractivity contribution is -0.131. The Bertz CT molecular complexity index is 316. The highest BCUT2D eigenvalue weighted by molar-refractivity contribution is 7.80. The first-order valence-electron chi connectivity index (χ1n) is 6.02. The first kappa shape index (κ1) is 12.7. The normalized spacial score (nSPS) is 22.5. The molecule has 1 saturated carbocycles. The first-order chi connectivity index (χ1) is 8.19. The summed E-state index contributed by atoms with van der Waals surface area (Å²) in [7, 11) is 0. The maximum Gasteiger partial charge on any atom is 0.325 e. The SMILES string of the molecule is O=C1NC2(CCCC2)C(=O)N1CCOCCS. The molecule has 0 aromatic carbocycles. The number of imide groups is 1. The fourth-order valence-electron chi connectivity index (χ4n) is 2.52. The molecule has 1 N–H and O–H groups in total. The molecule has 2 rings (SSSR count). The van der Waals surface area contributed by atoms with E-state index in [4.69, 9.17) is 4.74 Å². The summed E-state index contributed by atoms with van der Waals surface area (Å²) in [6.45, 7) is 1.26. The van der Waals surface area contributed by atoms with Crippen molar-refractivity contribution in [2.24, 2.45) is 0 Å². The summed E-state index contributed by atoms with van der Waals surface area (Å²) in [6, 6.07) is -0.272. The Morgan fingerprint density at radius 2 is 2.00 bits per heavy atom. The average molecular weight is 258 g/mol. The molecule has 0 aromatic heterocycles. The summed E-state index contributed by atoms with van der Waals surface area (Å²) in [5, 5.41) is 2.84. The number of ether oxygens (including phenoxy) is 1. The number of rotatable bonds is 5. The average Bonchev–Trinajstić information content (AvgIpc) is 2.85. The molecule has 2 aliphatic rings. The molecule has 1 spiro atoms. The van der Waals surface area contributed by atoms with Crippen LogP contribution in [0.25, 0.3) is 0 Å². The van der Waals surface area contributed by atoms with Crippen molar-refractivity contribution in [1.82, 2.24) is 10.2 Å². The van der Waals surface area contributed by atoms with Crippen molar-refractivity contribution < 1.29 is 14.3 Å². The zero-order valence-corrected chi connectivity index (χ0v) is 10.7. The van der Waals surface area contributed by atoms with Gasteiger partial charge >= 0.3 is 6.03 Å². The van der Waals surface area contributed by atoms with Gasteiger partial charge in [0, 0.05) is 5.75 Å². The van der Waals surface area contributed by atoms with Crippen molar-refractivity contribution >= 4 is 24.6 Å². The standard InChI is InChI=1S/C11H18N2O3S/c14-9-11(3-1-2-4-11)12-10(15)13(9)5-6-16-7-8-17/h17H,1-8H2,(H,12,15). The van der Waals surface area contributed by atoms with Crippen LogP contribution in [0.2, 0.25) is 0 Å². The van der Waals surface area contributed by atoms with Gasteiger partial charge in [0.15, 0.2) is 0 Å². The van der Waals surface area contributed by atoms with Gasteiger partial charge in [-0.05, 0) is 12.8 Å². The third-order valence-electron chi connectivity index (χ3n) is 3.40. The Balaban J connectivity index is 1.90. The van der Waals surface area contributed by atoms with Gasteiger partial charge in [0.05, 0.1) is 19.8 Å². The lowest BCUT2D eigenvalue weighted by Gasteiger charge is -2.19. The first-order valence-corrected chi connectivity index (χ1v) is 6.65. The van der Waals surface area contributed by atoms with Crippen LogP contribution in [-0.2, 0) is 9.53 Å².